The largest absolute Gasteiger partial charge is 0.326 e. The van der Waals surface area contributed by atoms with E-state index in [1.807, 2.05) is 0 Å². The molecule has 0 saturated heterocycles. The van der Waals surface area contributed by atoms with Gasteiger partial charge >= 0.3 is 0 Å². The van der Waals surface area contributed by atoms with Gasteiger partial charge in [-0.05, 0) is 18.6 Å². The number of hydrogen-bond acceptors (Lipinski definition) is 2. The summed E-state index contributed by atoms with van der Waals surface area (Å²) in [6.07, 6.45) is -2.75. The number of aromatic amines is 1. The molecule has 0 spiro atoms. The van der Waals surface area contributed by atoms with Crippen LogP contribution in [0.25, 0.3) is 0 Å². The van der Waals surface area contributed by atoms with E-state index in [0.29, 0.717) is 11.3 Å². The first-order valence-corrected chi connectivity index (χ1v) is 3.77. The Bertz CT molecular complexity index is 360. The third kappa shape index (κ3) is 1.92. The second kappa shape index (κ2) is 3.66. The molecule has 3 N–H and O–H groups in total. The minimum absolute atomic E-state index is 0.141. The van der Waals surface area contributed by atoms with E-state index in [4.69, 9.17) is 5.73 Å². The van der Waals surface area contributed by atoms with Crippen LogP contribution in [0, 0.1) is 6.92 Å². The van der Waals surface area contributed by atoms with Crippen molar-refractivity contribution in [2.45, 2.75) is 19.9 Å². The Morgan fingerprint density at radius 1 is 1.62 bits per heavy atom. The van der Waals surface area contributed by atoms with E-state index in [0.717, 1.165) is 6.07 Å². The first kappa shape index (κ1) is 9.85. The van der Waals surface area contributed by atoms with Gasteiger partial charge in [0.05, 0.1) is 5.56 Å². The zero-order valence-electron chi connectivity index (χ0n) is 7.10. The lowest BCUT2D eigenvalue weighted by molar-refractivity contribution is 0.149. The van der Waals surface area contributed by atoms with Gasteiger partial charge in [0.1, 0.15) is 0 Å². The van der Waals surface area contributed by atoms with E-state index in [9.17, 15) is 13.6 Å². The summed E-state index contributed by atoms with van der Waals surface area (Å²) in [6.45, 7) is 1.77. The third-order valence-corrected chi connectivity index (χ3v) is 1.83. The Balaban J connectivity index is 3.31. The summed E-state index contributed by atoms with van der Waals surface area (Å²) in [5, 5.41) is 0. The van der Waals surface area contributed by atoms with E-state index in [1.54, 1.807) is 6.92 Å². The van der Waals surface area contributed by atoms with E-state index in [2.05, 4.69) is 4.98 Å². The maximum absolute atomic E-state index is 12.2. The van der Waals surface area contributed by atoms with Crippen LogP contribution in [-0.4, -0.2) is 4.98 Å². The average molecular weight is 188 g/mol. The van der Waals surface area contributed by atoms with Gasteiger partial charge in [-0.25, -0.2) is 8.78 Å². The zero-order chi connectivity index (χ0) is 10.0. The van der Waals surface area contributed by atoms with Gasteiger partial charge in [0, 0.05) is 12.2 Å². The number of alkyl halides is 2. The smallest absolute Gasteiger partial charge is 0.269 e. The van der Waals surface area contributed by atoms with Crippen molar-refractivity contribution < 1.29 is 8.78 Å². The number of hydrogen-bond donors (Lipinski definition) is 2. The van der Waals surface area contributed by atoms with Crippen molar-refractivity contribution in [3.63, 3.8) is 0 Å². The molecular formula is C8H10F2N2O. The van der Waals surface area contributed by atoms with Crippen LogP contribution in [0.5, 0.6) is 0 Å². The monoisotopic (exact) mass is 188 g/mol. The van der Waals surface area contributed by atoms with Crippen LogP contribution in [0.1, 0.15) is 23.2 Å². The molecular weight excluding hydrogens is 178 g/mol. The number of aryl methyl sites for hydroxylation is 1. The molecule has 72 valence electrons. The first-order chi connectivity index (χ1) is 6.06. The normalized spacial score (nSPS) is 10.8. The van der Waals surface area contributed by atoms with Crippen LogP contribution < -0.4 is 11.3 Å². The highest BCUT2D eigenvalue weighted by molar-refractivity contribution is 5.25. The summed E-state index contributed by atoms with van der Waals surface area (Å²) < 4.78 is 24.4. The minimum atomic E-state index is -2.75. The highest BCUT2D eigenvalue weighted by Crippen LogP contribution is 2.16. The van der Waals surface area contributed by atoms with Gasteiger partial charge in [0.25, 0.3) is 12.0 Å². The Kier molecular flexibility index (Phi) is 2.77. The molecule has 13 heavy (non-hydrogen) atoms. The quantitative estimate of drug-likeness (QED) is 0.729. The number of pyridine rings is 1. The second-order valence-electron chi connectivity index (χ2n) is 2.71. The molecule has 0 bridgehead atoms. The van der Waals surface area contributed by atoms with Crippen molar-refractivity contribution in [2.75, 3.05) is 0 Å². The van der Waals surface area contributed by atoms with Gasteiger partial charge in [-0.3, -0.25) is 4.79 Å². The molecule has 0 atom stereocenters. The van der Waals surface area contributed by atoms with Gasteiger partial charge in [-0.15, -0.1) is 0 Å². The van der Waals surface area contributed by atoms with E-state index in [1.165, 1.54) is 0 Å². The Labute approximate surface area is 73.6 Å². The maximum Gasteiger partial charge on any atom is 0.269 e. The van der Waals surface area contributed by atoms with Crippen LogP contribution in [0.2, 0.25) is 0 Å². The van der Waals surface area contributed by atoms with Crippen molar-refractivity contribution in [1.29, 1.82) is 0 Å². The lowest BCUT2D eigenvalue weighted by Crippen LogP contribution is -2.17. The number of aromatic nitrogens is 1. The number of rotatable bonds is 2. The standard InChI is InChI=1S/C8H10F2N2O/c1-4-5(3-11)2-6(7(9)10)8(13)12-4/h2,7H,3,11H2,1H3,(H,12,13). The molecule has 0 unspecified atom stereocenters. The molecule has 0 saturated carbocycles. The molecule has 0 radical (unpaired) electrons. The number of halogens is 2. The molecule has 0 amide bonds. The van der Waals surface area contributed by atoms with Crippen molar-refractivity contribution in [1.82, 2.24) is 4.98 Å². The SMILES string of the molecule is Cc1[nH]c(=O)c(C(F)F)cc1CN. The van der Waals surface area contributed by atoms with Crippen molar-refractivity contribution in [3.8, 4) is 0 Å². The fourth-order valence-corrected chi connectivity index (χ4v) is 1.06. The lowest BCUT2D eigenvalue weighted by atomic mass is 10.1. The molecule has 3 nitrogen and oxygen atoms in total. The van der Waals surface area contributed by atoms with Crippen molar-refractivity contribution in [2.24, 2.45) is 5.73 Å². The molecule has 0 aromatic carbocycles. The molecule has 0 aliphatic heterocycles. The highest BCUT2D eigenvalue weighted by Gasteiger charge is 2.13. The molecule has 1 aromatic rings. The van der Waals surface area contributed by atoms with Gasteiger partial charge in [-0.1, -0.05) is 0 Å². The molecule has 0 aliphatic carbocycles. The number of nitrogens with two attached hydrogens (primary N) is 1. The summed E-state index contributed by atoms with van der Waals surface area (Å²) in [5.74, 6) is 0. The predicted molar refractivity (Wildman–Crippen MR) is 44.6 cm³/mol. The van der Waals surface area contributed by atoms with Gasteiger partial charge in [0.15, 0.2) is 0 Å². The van der Waals surface area contributed by atoms with Crippen molar-refractivity contribution in [3.05, 3.63) is 33.2 Å². The van der Waals surface area contributed by atoms with Crippen LogP contribution in [-0.2, 0) is 6.54 Å². The predicted octanol–water partition coefficient (Wildman–Crippen LogP) is 1.08. The fourth-order valence-electron chi connectivity index (χ4n) is 1.06. The van der Waals surface area contributed by atoms with E-state index >= 15 is 0 Å². The lowest BCUT2D eigenvalue weighted by Gasteiger charge is -2.05. The summed E-state index contributed by atoms with van der Waals surface area (Å²) in [7, 11) is 0. The van der Waals surface area contributed by atoms with Gasteiger partial charge in [-0.2, -0.15) is 0 Å². The third-order valence-electron chi connectivity index (χ3n) is 1.83. The summed E-state index contributed by atoms with van der Waals surface area (Å²) >= 11 is 0. The number of H-pyrrole nitrogens is 1. The Hall–Kier alpha value is -1.23. The van der Waals surface area contributed by atoms with Crippen molar-refractivity contribution >= 4 is 0 Å². The molecule has 0 fully saturated rings. The van der Waals surface area contributed by atoms with Gasteiger partial charge in [0.2, 0.25) is 0 Å². The fraction of sp³-hybridized carbons (Fsp3) is 0.375. The molecule has 5 heteroatoms. The summed E-state index contributed by atoms with van der Waals surface area (Å²) in [6, 6.07) is 1.15. The topological polar surface area (TPSA) is 58.9 Å². The molecule has 1 aromatic heterocycles. The Morgan fingerprint density at radius 3 is 2.69 bits per heavy atom. The summed E-state index contributed by atoms with van der Waals surface area (Å²) in [5.41, 5.74) is 5.11. The molecule has 0 aliphatic rings. The van der Waals surface area contributed by atoms with Crippen LogP contribution in [0.4, 0.5) is 8.78 Å². The molecule has 1 heterocycles. The average Bonchev–Trinajstić information content (AvgIpc) is 2.03. The number of nitrogens with one attached hydrogen (secondary N) is 1. The van der Waals surface area contributed by atoms with E-state index < -0.39 is 17.5 Å². The Morgan fingerprint density at radius 2 is 2.23 bits per heavy atom. The van der Waals surface area contributed by atoms with E-state index in [-0.39, 0.29) is 6.54 Å². The summed E-state index contributed by atoms with van der Waals surface area (Å²) in [4.78, 5) is 13.3. The molecule has 1 rings (SSSR count). The van der Waals surface area contributed by atoms with Gasteiger partial charge < -0.3 is 10.7 Å². The first-order valence-electron chi connectivity index (χ1n) is 3.77. The zero-order valence-corrected chi connectivity index (χ0v) is 7.10. The highest BCUT2D eigenvalue weighted by atomic mass is 19.3. The second-order valence-corrected chi connectivity index (χ2v) is 2.71. The van der Waals surface area contributed by atoms with Crippen LogP contribution >= 0.6 is 0 Å². The van der Waals surface area contributed by atoms with Crippen LogP contribution in [0.15, 0.2) is 10.9 Å². The minimum Gasteiger partial charge on any atom is -0.326 e. The van der Waals surface area contributed by atoms with Crippen LogP contribution in [0.3, 0.4) is 0 Å². The maximum atomic E-state index is 12.2.